The number of hydrogen-bond donors (Lipinski definition) is 2. The highest BCUT2D eigenvalue weighted by molar-refractivity contribution is 9.10. The molecule has 17 heavy (non-hydrogen) atoms. The Morgan fingerprint density at radius 3 is 3.06 bits per heavy atom. The van der Waals surface area contributed by atoms with E-state index >= 15 is 0 Å². The number of halogens is 2. The molecule has 1 aliphatic rings. The molecule has 3 nitrogen and oxygen atoms in total. The van der Waals surface area contributed by atoms with Crippen molar-refractivity contribution in [3.8, 4) is 0 Å². The first-order valence-corrected chi connectivity index (χ1v) is 6.40. The minimum Gasteiger partial charge on any atom is -0.388 e. The second kappa shape index (κ2) is 5.91. The van der Waals surface area contributed by atoms with Crippen molar-refractivity contribution in [2.75, 3.05) is 19.8 Å². The van der Waals surface area contributed by atoms with Crippen molar-refractivity contribution in [1.82, 2.24) is 5.32 Å². The average Bonchev–Trinajstić information content (AvgIpc) is 2.30. The molecule has 0 saturated carbocycles. The zero-order valence-electron chi connectivity index (χ0n) is 9.33. The van der Waals surface area contributed by atoms with Crippen LogP contribution in [0, 0.1) is 5.82 Å². The van der Waals surface area contributed by atoms with Crippen LogP contribution in [0.3, 0.4) is 0 Å². The third kappa shape index (κ3) is 3.48. The monoisotopic (exact) mass is 303 g/mol. The number of aliphatic hydroxyl groups is 1. The summed E-state index contributed by atoms with van der Waals surface area (Å²) in [5.41, 5.74) is 0.334. The van der Waals surface area contributed by atoms with Crippen molar-refractivity contribution >= 4 is 15.9 Å². The van der Waals surface area contributed by atoms with Gasteiger partial charge in [-0.2, -0.15) is 0 Å². The molecular formula is C12H15BrFNO2. The lowest BCUT2D eigenvalue weighted by molar-refractivity contribution is 0.0511. The standard InChI is InChI=1S/C12H15BrFNO2/c13-8-1-2-10(11(14)5-8)12(16)6-9-7-17-4-3-15-9/h1-2,5,9,12,15-16H,3-4,6-7H2. The van der Waals surface area contributed by atoms with Crippen LogP contribution >= 0.6 is 15.9 Å². The molecule has 2 rings (SSSR count). The normalized spacial score (nSPS) is 22.4. The SMILES string of the molecule is OC(CC1COCCN1)c1ccc(Br)cc1F. The molecule has 1 aromatic rings. The van der Waals surface area contributed by atoms with E-state index in [-0.39, 0.29) is 11.9 Å². The maximum Gasteiger partial charge on any atom is 0.130 e. The second-order valence-corrected chi connectivity index (χ2v) is 5.06. The molecule has 94 valence electrons. The van der Waals surface area contributed by atoms with Crippen LogP contribution in [-0.4, -0.2) is 30.9 Å². The fourth-order valence-corrected chi connectivity index (χ4v) is 2.27. The van der Waals surface area contributed by atoms with Gasteiger partial charge in [-0.05, 0) is 18.6 Å². The van der Waals surface area contributed by atoms with E-state index in [1.165, 1.54) is 6.07 Å². The number of aliphatic hydroxyl groups excluding tert-OH is 1. The van der Waals surface area contributed by atoms with Gasteiger partial charge in [-0.1, -0.05) is 22.0 Å². The summed E-state index contributed by atoms with van der Waals surface area (Å²) in [4.78, 5) is 0. The van der Waals surface area contributed by atoms with Gasteiger partial charge in [0.2, 0.25) is 0 Å². The van der Waals surface area contributed by atoms with E-state index in [4.69, 9.17) is 4.74 Å². The first kappa shape index (κ1) is 13.0. The first-order chi connectivity index (χ1) is 8.16. The van der Waals surface area contributed by atoms with Crippen molar-refractivity contribution in [2.24, 2.45) is 0 Å². The fraction of sp³-hybridized carbons (Fsp3) is 0.500. The molecule has 0 radical (unpaired) electrons. The summed E-state index contributed by atoms with van der Waals surface area (Å²) in [6, 6.07) is 4.78. The largest absolute Gasteiger partial charge is 0.388 e. The summed E-state index contributed by atoms with van der Waals surface area (Å²) in [7, 11) is 0. The molecule has 1 aliphatic heterocycles. The van der Waals surface area contributed by atoms with Crippen LogP contribution in [-0.2, 0) is 4.74 Å². The van der Waals surface area contributed by atoms with Gasteiger partial charge in [0.1, 0.15) is 5.82 Å². The van der Waals surface area contributed by atoms with E-state index in [0.717, 1.165) is 6.54 Å². The smallest absolute Gasteiger partial charge is 0.130 e. The van der Waals surface area contributed by atoms with Crippen LogP contribution in [0.25, 0.3) is 0 Å². The molecule has 2 unspecified atom stereocenters. The first-order valence-electron chi connectivity index (χ1n) is 5.61. The summed E-state index contributed by atoms with van der Waals surface area (Å²) in [5, 5.41) is 13.2. The van der Waals surface area contributed by atoms with Crippen LogP contribution in [0.15, 0.2) is 22.7 Å². The molecule has 0 amide bonds. The van der Waals surface area contributed by atoms with Crippen molar-refractivity contribution in [3.63, 3.8) is 0 Å². The van der Waals surface area contributed by atoms with Gasteiger partial charge in [0.05, 0.1) is 19.3 Å². The summed E-state index contributed by atoms with van der Waals surface area (Å²) < 4.78 is 19.6. The van der Waals surface area contributed by atoms with E-state index < -0.39 is 6.10 Å². The Kier molecular flexibility index (Phi) is 4.50. The van der Waals surface area contributed by atoms with Crippen molar-refractivity contribution in [2.45, 2.75) is 18.6 Å². The topological polar surface area (TPSA) is 41.5 Å². The van der Waals surface area contributed by atoms with E-state index in [1.807, 2.05) is 0 Å². The third-order valence-corrected chi connectivity index (χ3v) is 3.32. The number of morpholine rings is 1. The van der Waals surface area contributed by atoms with E-state index in [9.17, 15) is 9.50 Å². The Bertz CT molecular complexity index is 383. The molecule has 2 N–H and O–H groups in total. The van der Waals surface area contributed by atoms with Crippen LogP contribution in [0.4, 0.5) is 4.39 Å². The van der Waals surface area contributed by atoms with Crippen molar-refractivity contribution in [1.29, 1.82) is 0 Å². The van der Waals surface area contributed by atoms with Gasteiger partial charge >= 0.3 is 0 Å². The highest BCUT2D eigenvalue weighted by Gasteiger charge is 2.20. The van der Waals surface area contributed by atoms with Crippen LogP contribution in [0.2, 0.25) is 0 Å². The minimum absolute atomic E-state index is 0.0850. The quantitative estimate of drug-likeness (QED) is 0.897. The molecule has 1 heterocycles. The molecule has 1 saturated heterocycles. The molecule has 0 bridgehead atoms. The van der Waals surface area contributed by atoms with Gasteiger partial charge in [-0.3, -0.25) is 0 Å². The number of hydrogen-bond acceptors (Lipinski definition) is 3. The lowest BCUT2D eigenvalue weighted by atomic mass is 10.0. The van der Waals surface area contributed by atoms with Gasteiger partial charge in [0.15, 0.2) is 0 Å². The fourth-order valence-electron chi connectivity index (χ4n) is 1.94. The number of ether oxygens (including phenoxy) is 1. The van der Waals surface area contributed by atoms with Crippen molar-refractivity contribution in [3.05, 3.63) is 34.1 Å². The predicted octanol–water partition coefficient (Wildman–Crippen LogP) is 2.00. The maximum absolute atomic E-state index is 13.6. The highest BCUT2D eigenvalue weighted by Crippen LogP contribution is 2.24. The highest BCUT2D eigenvalue weighted by atomic mass is 79.9. The van der Waals surface area contributed by atoms with E-state index in [1.54, 1.807) is 12.1 Å². The number of nitrogens with one attached hydrogen (secondary N) is 1. The summed E-state index contributed by atoms with van der Waals surface area (Å²) in [6.45, 7) is 2.04. The molecular weight excluding hydrogens is 289 g/mol. The Balaban J connectivity index is 2.00. The van der Waals surface area contributed by atoms with Gasteiger partial charge in [-0.25, -0.2) is 4.39 Å². The summed E-state index contributed by atoms with van der Waals surface area (Å²) >= 11 is 3.19. The van der Waals surface area contributed by atoms with E-state index in [0.29, 0.717) is 29.7 Å². The molecule has 0 aliphatic carbocycles. The van der Waals surface area contributed by atoms with Gasteiger partial charge in [-0.15, -0.1) is 0 Å². The molecule has 1 fully saturated rings. The maximum atomic E-state index is 13.6. The minimum atomic E-state index is -0.803. The zero-order chi connectivity index (χ0) is 12.3. The molecule has 2 atom stereocenters. The average molecular weight is 304 g/mol. The van der Waals surface area contributed by atoms with E-state index in [2.05, 4.69) is 21.2 Å². The lowest BCUT2D eigenvalue weighted by Gasteiger charge is -2.26. The predicted molar refractivity (Wildman–Crippen MR) is 66.3 cm³/mol. The molecule has 1 aromatic carbocycles. The number of rotatable bonds is 3. The summed E-state index contributed by atoms with van der Waals surface area (Å²) in [6.07, 6.45) is -0.347. The second-order valence-electron chi connectivity index (χ2n) is 4.14. The van der Waals surface area contributed by atoms with Gasteiger partial charge in [0.25, 0.3) is 0 Å². The van der Waals surface area contributed by atoms with Crippen molar-refractivity contribution < 1.29 is 14.2 Å². The Hall–Kier alpha value is -0.490. The lowest BCUT2D eigenvalue weighted by Crippen LogP contribution is -2.42. The third-order valence-electron chi connectivity index (χ3n) is 2.83. The molecule has 0 spiro atoms. The Labute approximate surface area is 108 Å². The summed E-state index contributed by atoms with van der Waals surface area (Å²) in [5.74, 6) is -0.386. The Morgan fingerprint density at radius 1 is 1.59 bits per heavy atom. The van der Waals surface area contributed by atoms with Gasteiger partial charge < -0.3 is 15.2 Å². The molecule has 0 aromatic heterocycles. The van der Waals surface area contributed by atoms with Crippen LogP contribution in [0.1, 0.15) is 18.1 Å². The van der Waals surface area contributed by atoms with Gasteiger partial charge in [0, 0.05) is 22.6 Å². The number of benzene rings is 1. The van der Waals surface area contributed by atoms with Crippen LogP contribution < -0.4 is 5.32 Å². The Morgan fingerprint density at radius 2 is 2.41 bits per heavy atom. The molecule has 5 heteroatoms. The van der Waals surface area contributed by atoms with Crippen LogP contribution in [0.5, 0.6) is 0 Å². The zero-order valence-corrected chi connectivity index (χ0v) is 10.9.